The Morgan fingerprint density at radius 3 is 1.40 bits per heavy atom. The molecule has 0 unspecified atom stereocenters. The van der Waals surface area contributed by atoms with Crippen molar-refractivity contribution in [2.24, 2.45) is 0 Å². The molecule has 224 valence electrons. The topological polar surface area (TPSA) is 117 Å². The summed E-state index contributed by atoms with van der Waals surface area (Å²) in [6.07, 6.45) is 5.01. The summed E-state index contributed by atoms with van der Waals surface area (Å²) in [5, 5.41) is 3.84. The summed E-state index contributed by atoms with van der Waals surface area (Å²) in [7, 11) is -4.64. The summed E-state index contributed by atoms with van der Waals surface area (Å²) in [5.41, 5.74) is 4.47. The van der Waals surface area contributed by atoms with Gasteiger partial charge in [-0.15, -0.1) is 0 Å². The zero-order valence-electron chi connectivity index (χ0n) is 23.2. The SMILES string of the molecule is Clc1ccc2c(N3CCN(CCCN4CCN(c5ccnc6cc(Cl)ccc56)CC4)CC3)ccnc2c1.O=P(O)(O)O. The van der Waals surface area contributed by atoms with E-state index in [0.717, 1.165) is 86.5 Å². The highest BCUT2D eigenvalue weighted by Crippen LogP contribution is 2.30. The van der Waals surface area contributed by atoms with E-state index in [-0.39, 0.29) is 0 Å². The van der Waals surface area contributed by atoms with Crippen LogP contribution in [0.1, 0.15) is 6.42 Å². The lowest BCUT2D eigenvalue weighted by molar-refractivity contribution is 0.213. The van der Waals surface area contributed by atoms with Gasteiger partial charge in [-0.1, -0.05) is 23.2 Å². The van der Waals surface area contributed by atoms with Gasteiger partial charge in [0.25, 0.3) is 0 Å². The number of anilines is 2. The maximum Gasteiger partial charge on any atom is 0.466 e. The monoisotopic (exact) mass is 632 g/mol. The molecule has 4 heterocycles. The second-order valence-corrected chi connectivity index (χ2v) is 12.4. The Balaban J connectivity index is 0.000000652. The molecule has 0 radical (unpaired) electrons. The van der Waals surface area contributed by atoms with Gasteiger partial charge in [-0.25, -0.2) is 4.57 Å². The predicted molar refractivity (Wildman–Crippen MR) is 170 cm³/mol. The maximum atomic E-state index is 8.88. The van der Waals surface area contributed by atoms with Crippen LogP contribution in [0.4, 0.5) is 11.4 Å². The first-order valence-corrected chi connectivity index (χ1v) is 16.3. The maximum absolute atomic E-state index is 8.88. The van der Waals surface area contributed by atoms with Gasteiger partial charge in [-0.2, -0.15) is 0 Å². The third kappa shape index (κ3) is 8.30. The molecule has 0 amide bonds. The number of phosphoric acid groups is 1. The van der Waals surface area contributed by atoms with Crippen LogP contribution in [0, 0.1) is 0 Å². The van der Waals surface area contributed by atoms with Gasteiger partial charge in [0.15, 0.2) is 0 Å². The molecule has 2 aromatic carbocycles. The lowest BCUT2D eigenvalue weighted by Crippen LogP contribution is -2.48. The summed E-state index contributed by atoms with van der Waals surface area (Å²) in [6, 6.07) is 16.3. The minimum Gasteiger partial charge on any atom is -0.368 e. The van der Waals surface area contributed by atoms with Crippen LogP contribution in [0.3, 0.4) is 0 Å². The minimum absolute atomic E-state index is 0.736. The quantitative estimate of drug-likeness (QED) is 0.262. The molecule has 2 aliphatic rings. The molecule has 0 atom stereocenters. The first-order valence-electron chi connectivity index (χ1n) is 14.0. The van der Waals surface area contributed by atoms with Gasteiger partial charge in [-0.3, -0.25) is 19.8 Å². The van der Waals surface area contributed by atoms with Gasteiger partial charge in [0.1, 0.15) is 0 Å². The zero-order valence-corrected chi connectivity index (χ0v) is 25.6. The van der Waals surface area contributed by atoms with Gasteiger partial charge in [0, 0.05) is 96.9 Å². The second-order valence-electron chi connectivity index (χ2n) is 10.5. The summed E-state index contributed by atoms with van der Waals surface area (Å²) < 4.78 is 8.88. The van der Waals surface area contributed by atoms with Crippen molar-refractivity contribution in [1.82, 2.24) is 19.8 Å². The first kappa shape index (κ1) is 30.9. The van der Waals surface area contributed by atoms with Crippen LogP contribution >= 0.6 is 31.0 Å². The van der Waals surface area contributed by atoms with E-state index in [1.165, 1.54) is 28.6 Å². The van der Waals surface area contributed by atoms with Crippen molar-refractivity contribution >= 4 is 64.2 Å². The first-order chi connectivity index (χ1) is 20.1. The van der Waals surface area contributed by atoms with Gasteiger partial charge < -0.3 is 24.5 Å². The third-order valence-corrected chi connectivity index (χ3v) is 8.21. The average molecular weight is 634 g/mol. The largest absolute Gasteiger partial charge is 0.466 e. The number of nitrogens with zero attached hydrogens (tertiary/aromatic N) is 6. The Morgan fingerprint density at radius 2 is 1.02 bits per heavy atom. The van der Waals surface area contributed by atoms with Gasteiger partial charge in [-0.05, 0) is 68.0 Å². The van der Waals surface area contributed by atoms with E-state index in [0.29, 0.717) is 0 Å². The fourth-order valence-electron chi connectivity index (χ4n) is 5.71. The van der Waals surface area contributed by atoms with E-state index < -0.39 is 7.82 Å². The fourth-order valence-corrected chi connectivity index (χ4v) is 6.04. The Morgan fingerprint density at radius 1 is 0.643 bits per heavy atom. The number of hydrogen-bond donors (Lipinski definition) is 3. The van der Waals surface area contributed by atoms with Gasteiger partial charge >= 0.3 is 7.82 Å². The summed E-state index contributed by atoms with van der Waals surface area (Å²) >= 11 is 12.3. The molecule has 0 bridgehead atoms. The Bertz CT molecular complexity index is 1440. The molecule has 4 aromatic rings. The van der Waals surface area contributed by atoms with Crippen molar-refractivity contribution in [1.29, 1.82) is 0 Å². The number of hydrogen-bond acceptors (Lipinski definition) is 7. The molecule has 2 saturated heterocycles. The number of benzene rings is 2. The van der Waals surface area contributed by atoms with Crippen LogP contribution in [0.2, 0.25) is 10.0 Å². The normalized spacial score (nSPS) is 17.0. The second kappa shape index (κ2) is 13.8. The molecule has 3 N–H and O–H groups in total. The summed E-state index contributed by atoms with van der Waals surface area (Å²) in [5.74, 6) is 0. The molecule has 2 fully saturated rings. The molecule has 10 nitrogen and oxygen atoms in total. The minimum atomic E-state index is -4.64. The van der Waals surface area contributed by atoms with Crippen molar-refractivity contribution < 1.29 is 19.2 Å². The summed E-state index contributed by atoms with van der Waals surface area (Å²) in [6.45, 7) is 10.9. The number of aromatic nitrogens is 2. The fraction of sp³-hybridized carbons (Fsp3) is 0.379. The van der Waals surface area contributed by atoms with Crippen molar-refractivity contribution in [3.63, 3.8) is 0 Å². The molecule has 0 spiro atoms. The van der Waals surface area contributed by atoms with Crippen LogP contribution in [0.15, 0.2) is 60.9 Å². The number of pyridine rings is 2. The number of rotatable bonds is 6. The van der Waals surface area contributed by atoms with Crippen LogP contribution in [0.25, 0.3) is 21.8 Å². The molecule has 0 saturated carbocycles. The molecule has 2 aromatic heterocycles. The van der Waals surface area contributed by atoms with E-state index in [4.69, 9.17) is 42.4 Å². The number of halogens is 2. The van der Waals surface area contributed by atoms with Gasteiger partial charge in [0.2, 0.25) is 0 Å². The van der Waals surface area contributed by atoms with E-state index in [1.54, 1.807) is 0 Å². The van der Waals surface area contributed by atoms with E-state index in [2.05, 4.69) is 53.8 Å². The Labute approximate surface area is 255 Å². The lowest BCUT2D eigenvalue weighted by Gasteiger charge is -2.38. The highest BCUT2D eigenvalue weighted by Gasteiger charge is 2.21. The van der Waals surface area contributed by atoms with Crippen LogP contribution in [0.5, 0.6) is 0 Å². The standard InChI is InChI=1S/C29H32Cl2N6.H3O4P/c30-22-2-4-24-26(20-22)32-8-6-28(24)36-16-12-34(13-17-36)10-1-11-35-14-18-37(19-15-35)29-7-9-33-27-21-23(31)3-5-25(27)29;1-5(2,3)4/h2-9,20-21H,1,10-19H2;(H3,1,2,3,4). The van der Waals surface area contributed by atoms with Gasteiger partial charge in [0.05, 0.1) is 11.0 Å². The zero-order chi connectivity index (χ0) is 29.7. The number of fused-ring (bicyclic) bond motifs is 2. The Hall–Kier alpha value is -2.53. The van der Waals surface area contributed by atoms with Crippen molar-refractivity contribution in [2.75, 3.05) is 75.2 Å². The van der Waals surface area contributed by atoms with Crippen LogP contribution in [-0.4, -0.2) is 99.9 Å². The average Bonchev–Trinajstić information content (AvgIpc) is 2.96. The molecular formula is C29H35Cl2N6O4P. The highest BCUT2D eigenvalue weighted by atomic mass is 35.5. The predicted octanol–water partition coefficient (Wildman–Crippen LogP) is 4.50. The van der Waals surface area contributed by atoms with Crippen LogP contribution in [-0.2, 0) is 4.57 Å². The number of piperazine rings is 2. The third-order valence-electron chi connectivity index (χ3n) is 7.74. The van der Waals surface area contributed by atoms with E-state index in [9.17, 15) is 0 Å². The smallest absolute Gasteiger partial charge is 0.368 e. The molecule has 2 aliphatic heterocycles. The van der Waals surface area contributed by atoms with E-state index >= 15 is 0 Å². The summed E-state index contributed by atoms with van der Waals surface area (Å²) in [4.78, 5) is 40.8. The van der Waals surface area contributed by atoms with E-state index in [1.807, 2.05) is 36.7 Å². The Kier molecular flexibility index (Phi) is 10.2. The molecule has 13 heteroatoms. The van der Waals surface area contributed by atoms with Crippen molar-refractivity contribution in [3.05, 3.63) is 71.0 Å². The molecule has 6 rings (SSSR count). The highest BCUT2D eigenvalue weighted by molar-refractivity contribution is 7.45. The lowest BCUT2D eigenvalue weighted by atomic mass is 10.1. The van der Waals surface area contributed by atoms with Crippen LogP contribution < -0.4 is 9.80 Å². The van der Waals surface area contributed by atoms with Crippen molar-refractivity contribution in [3.8, 4) is 0 Å². The molecule has 0 aliphatic carbocycles. The van der Waals surface area contributed by atoms with Crippen molar-refractivity contribution in [2.45, 2.75) is 6.42 Å². The molecule has 42 heavy (non-hydrogen) atoms. The molecular weight excluding hydrogens is 598 g/mol.